The molecule has 0 aliphatic rings. The summed E-state index contributed by atoms with van der Waals surface area (Å²) < 4.78 is 12.9. The van der Waals surface area contributed by atoms with Crippen LogP contribution in [0.3, 0.4) is 0 Å². The molecule has 0 radical (unpaired) electrons. The first-order valence-electron chi connectivity index (χ1n) is 7.53. The SMILES string of the molecule is O=C(N[C@H](Cc1cnc2ccccc2n1)C(=O)O)c1ccc(F)cc1. The van der Waals surface area contributed by atoms with E-state index < -0.39 is 23.7 Å². The van der Waals surface area contributed by atoms with Gasteiger partial charge in [0.05, 0.1) is 16.7 Å². The summed E-state index contributed by atoms with van der Waals surface area (Å²) in [7, 11) is 0. The fraction of sp³-hybridized carbons (Fsp3) is 0.111. The molecular weight excluding hydrogens is 325 g/mol. The lowest BCUT2D eigenvalue weighted by atomic mass is 10.1. The van der Waals surface area contributed by atoms with Gasteiger partial charge in [-0.25, -0.2) is 14.2 Å². The number of carboxylic acids is 1. The van der Waals surface area contributed by atoms with Gasteiger partial charge in [0.1, 0.15) is 11.9 Å². The van der Waals surface area contributed by atoms with Gasteiger partial charge >= 0.3 is 5.97 Å². The van der Waals surface area contributed by atoms with Crippen LogP contribution in [0.15, 0.2) is 54.7 Å². The van der Waals surface area contributed by atoms with Crippen molar-refractivity contribution >= 4 is 22.9 Å². The topological polar surface area (TPSA) is 92.2 Å². The summed E-state index contributed by atoms with van der Waals surface area (Å²) in [5, 5.41) is 11.8. The third-order valence-electron chi connectivity index (χ3n) is 3.62. The van der Waals surface area contributed by atoms with Crippen molar-refractivity contribution in [2.45, 2.75) is 12.5 Å². The van der Waals surface area contributed by atoms with Gasteiger partial charge in [-0.1, -0.05) is 12.1 Å². The number of fused-ring (bicyclic) bond motifs is 1. The van der Waals surface area contributed by atoms with Gasteiger partial charge in [-0.05, 0) is 36.4 Å². The summed E-state index contributed by atoms with van der Waals surface area (Å²) >= 11 is 0. The Morgan fingerprint density at radius 2 is 1.76 bits per heavy atom. The van der Waals surface area contributed by atoms with Crippen molar-refractivity contribution in [1.29, 1.82) is 0 Å². The number of carboxylic acid groups (broad SMARTS) is 1. The van der Waals surface area contributed by atoms with E-state index >= 15 is 0 Å². The Morgan fingerprint density at radius 1 is 1.08 bits per heavy atom. The van der Waals surface area contributed by atoms with Crippen molar-refractivity contribution in [3.8, 4) is 0 Å². The lowest BCUT2D eigenvalue weighted by Crippen LogP contribution is -2.42. The van der Waals surface area contributed by atoms with Crippen LogP contribution < -0.4 is 5.32 Å². The van der Waals surface area contributed by atoms with Gasteiger partial charge in [0.2, 0.25) is 0 Å². The predicted octanol–water partition coefficient (Wildman–Crippen LogP) is 2.19. The van der Waals surface area contributed by atoms with E-state index in [0.717, 1.165) is 12.1 Å². The number of benzene rings is 2. The molecular formula is C18H14FN3O3. The van der Waals surface area contributed by atoms with Crippen LogP contribution in [-0.2, 0) is 11.2 Å². The van der Waals surface area contributed by atoms with E-state index in [9.17, 15) is 19.1 Å². The molecule has 1 heterocycles. The Hall–Kier alpha value is -3.35. The number of nitrogens with zero attached hydrogens (tertiary/aromatic N) is 2. The standard InChI is InChI=1S/C18H14FN3O3/c19-12-7-5-11(6-8-12)17(23)22-16(18(24)25)9-13-10-20-14-3-1-2-4-15(14)21-13/h1-8,10,16H,9H2,(H,22,23)(H,24,25)/t16-/m1/s1. The maximum absolute atomic E-state index is 12.9. The van der Waals surface area contributed by atoms with Crippen molar-refractivity contribution in [1.82, 2.24) is 15.3 Å². The van der Waals surface area contributed by atoms with Crippen LogP contribution in [0.25, 0.3) is 11.0 Å². The maximum atomic E-state index is 12.9. The second-order valence-corrected chi connectivity index (χ2v) is 5.43. The number of aromatic nitrogens is 2. The number of hydrogen-bond acceptors (Lipinski definition) is 4. The Labute approximate surface area is 142 Å². The molecule has 0 aliphatic carbocycles. The molecule has 1 aromatic heterocycles. The molecule has 1 amide bonds. The molecule has 3 aromatic rings. The Morgan fingerprint density at radius 3 is 2.44 bits per heavy atom. The van der Waals surface area contributed by atoms with Crippen LogP contribution in [0.1, 0.15) is 16.1 Å². The van der Waals surface area contributed by atoms with Crippen LogP contribution in [-0.4, -0.2) is 33.0 Å². The maximum Gasteiger partial charge on any atom is 0.326 e. The number of carbonyl (C=O) groups is 2. The van der Waals surface area contributed by atoms with Gasteiger partial charge in [0.25, 0.3) is 5.91 Å². The molecule has 2 N–H and O–H groups in total. The van der Waals surface area contributed by atoms with E-state index in [2.05, 4.69) is 15.3 Å². The van der Waals surface area contributed by atoms with Crippen LogP contribution >= 0.6 is 0 Å². The summed E-state index contributed by atoms with van der Waals surface area (Å²) in [6, 6.07) is 10.9. The zero-order valence-electron chi connectivity index (χ0n) is 13.0. The lowest BCUT2D eigenvalue weighted by Gasteiger charge is -2.14. The fourth-order valence-corrected chi connectivity index (χ4v) is 2.35. The number of para-hydroxylation sites is 2. The smallest absolute Gasteiger partial charge is 0.326 e. The summed E-state index contributed by atoms with van der Waals surface area (Å²) in [5.74, 6) is -2.26. The predicted molar refractivity (Wildman–Crippen MR) is 88.5 cm³/mol. The first-order chi connectivity index (χ1) is 12.0. The Bertz CT molecular complexity index is 928. The summed E-state index contributed by atoms with van der Waals surface area (Å²) in [5.41, 5.74) is 1.98. The van der Waals surface area contributed by atoms with Crippen molar-refractivity contribution < 1.29 is 19.1 Å². The molecule has 7 heteroatoms. The van der Waals surface area contributed by atoms with E-state index in [0.29, 0.717) is 16.7 Å². The highest BCUT2D eigenvalue weighted by Gasteiger charge is 2.22. The van der Waals surface area contributed by atoms with Crippen LogP contribution in [0.2, 0.25) is 0 Å². The first-order valence-corrected chi connectivity index (χ1v) is 7.53. The minimum Gasteiger partial charge on any atom is -0.480 e. The third kappa shape index (κ3) is 3.95. The molecule has 0 saturated carbocycles. The Kier molecular flexibility index (Phi) is 4.65. The lowest BCUT2D eigenvalue weighted by molar-refractivity contribution is -0.139. The average Bonchev–Trinajstić information content (AvgIpc) is 2.61. The van der Waals surface area contributed by atoms with Gasteiger partial charge in [0.15, 0.2) is 0 Å². The number of halogens is 1. The second kappa shape index (κ2) is 7.04. The molecule has 126 valence electrons. The van der Waals surface area contributed by atoms with Crippen molar-refractivity contribution in [2.24, 2.45) is 0 Å². The molecule has 0 unspecified atom stereocenters. The molecule has 0 spiro atoms. The first kappa shape index (κ1) is 16.5. The molecule has 2 aromatic carbocycles. The fourth-order valence-electron chi connectivity index (χ4n) is 2.35. The van der Waals surface area contributed by atoms with E-state index in [1.165, 1.54) is 18.3 Å². The van der Waals surface area contributed by atoms with Gasteiger partial charge < -0.3 is 10.4 Å². The summed E-state index contributed by atoms with van der Waals surface area (Å²) in [6.45, 7) is 0. The normalized spacial score (nSPS) is 11.9. The minimum absolute atomic E-state index is 0.0138. The summed E-state index contributed by atoms with van der Waals surface area (Å²) in [6.07, 6.45) is 1.47. The number of amides is 1. The minimum atomic E-state index is -1.19. The van der Waals surface area contributed by atoms with Crippen molar-refractivity contribution in [3.63, 3.8) is 0 Å². The summed E-state index contributed by atoms with van der Waals surface area (Å²) in [4.78, 5) is 32.2. The highest BCUT2D eigenvalue weighted by atomic mass is 19.1. The Balaban J connectivity index is 1.77. The average molecular weight is 339 g/mol. The number of aliphatic carboxylic acids is 1. The molecule has 6 nitrogen and oxygen atoms in total. The van der Waals surface area contributed by atoms with E-state index in [4.69, 9.17) is 0 Å². The molecule has 0 saturated heterocycles. The van der Waals surface area contributed by atoms with Gasteiger partial charge in [-0.15, -0.1) is 0 Å². The second-order valence-electron chi connectivity index (χ2n) is 5.43. The third-order valence-corrected chi connectivity index (χ3v) is 3.62. The highest BCUT2D eigenvalue weighted by Crippen LogP contribution is 2.10. The molecule has 1 atom stereocenters. The monoisotopic (exact) mass is 339 g/mol. The molecule has 0 bridgehead atoms. The van der Waals surface area contributed by atoms with Crippen LogP contribution in [0.5, 0.6) is 0 Å². The zero-order valence-corrected chi connectivity index (χ0v) is 13.0. The quantitative estimate of drug-likeness (QED) is 0.743. The molecule has 0 aliphatic heterocycles. The van der Waals surface area contributed by atoms with Crippen molar-refractivity contribution in [2.75, 3.05) is 0 Å². The van der Waals surface area contributed by atoms with Crippen LogP contribution in [0.4, 0.5) is 4.39 Å². The van der Waals surface area contributed by atoms with E-state index in [1.54, 1.807) is 12.1 Å². The molecule has 25 heavy (non-hydrogen) atoms. The number of carbonyl (C=O) groups excluding carboxylic acids is 1. The van der Waals surface area contributed by atoms with E-state index in [1.807, 2.05) is 12.1 Å². The number of rotatable bonds is 5. The molecule has 3 rings (SSSR count). The van der Waals surface area contributed by atoms with Gasteiger partial charge in [-0.3, -0.25) is 9.78 Å². The number of hydrogen-bond donors (Lipinski definition) is 2. The zero-order chi connectivity index (χ0) is 17.8. The largest absolute Gasteiger partial charge is 0.480 e. The molecule has 0 fully saturated rings. The van der Waals surface area contributed by atoms with Gasteiger partial charge in [0, 0.05) is 18.2 Å². The van der Waals surface area contributed by atoms with E-state index in [-0.39, 0.29) is 12.0 Å². The van der Waals surface area contributed by atoms with Crippen LogP contribution in [0, 0.1) is 5.82 Å². The highest BCUT2D eigenvalue weighted by molar-refractivity contribution is 5.96. The van der Waals surface area contributed by atoms with Crippen molar-refractivity contribution in [3.05, 3.63) is 71.8 Å². The van der Waals surface area contributed by atoms with Gasteiger partial charge in [-0.2, -0.15) is 0 Å². The number of nitrogens with one attached hydrogen (secondary N) is 1.